The monoisotopic (exact) mass is 382 g/mol. The number of aryl methyl sites for hydroxylation is 1. The van der Waals surface area contributed by atoms with Gasteiger partial charge >= 0.3 is 0 Å². The number of carbonyl (C=O) groups is 2. The molecular weight excluding hydrogens is 356 g/mol. The van der Waals surface area contributed by atoms with Crippen molar-refractivity contribution in [2.75, 3.05) is 33.7 Å². The average molecular weight is 382 g/mol. The molecule has 2 aromatic heterocycles. The molecule has 1 atom stereocenters. The Morgan fingerprint density at radius 2 is 2.11 bits per heavy atom. The molecule has 0 bridgehead atoms. The Labute approximate surface area is 164 Å². The number of rotatable bonds is 5. The summed E-state index contributed by atoms with van der Waals surface area (Å²) in [5.74, 6) is 0.250. The molecular formula is C20H26N6O2. The van der Waals surface area contributed by atoms with Crippen LogP contribution in [0.3, 0.4) is 0 Å². The van der Waals surface area contributed by atoms with Crippen LogP contribution >= 0.6 is 0 Å². The topological polar surface area (TPSA) is 83.4 Å². The molecule has 148 valence electrons. The molecule has 2 aliphatic heterocycles. The number of fused-ring (bicyclic) bond motifs is 1. The van der Waals surface area contributed by atoms with Crippen molar-refractivity contribution in [1.29, 1.82) is 0 Å². The number of hydrogen-bond acceptors (Lipinski definition) is 5. The molecule has 8 heteroatoms. The SMILES string of the molecule is CN(C)C1CN(C(=O)c2cnn3c2C[C@@H](CNC(=O)c2cccnc2)CC3)C1. The summed E-state index contributed by atoms with van der Waals surface area (Å²) in [6.07, 6.45) is 6.60. The quantitative estimate of drug-likeness (QED) is 0.821. The minimum atomic E-state index is -0.112. The van der Waals surface area contributed by atoms with Crippen molar-refractivity contribution in [2.24, 2.45) is 5.92 Å². The number of amides is 2. The number of hydrogen-bond donors (Lipinski definition) is 1. The molecule has 28 heavy (non-hydrogen) atoms. The second-order valence-electron chi connectivity index (χ2n) is 7.87. The van der Waals surface area contributed by atoms with E-state index in [1.807, 2.05) is 23.7 Å². The van der Waals surface area contributed by atoms with Crippen LogP contribution in [-0.2, 0) is 13.0 Å². The molecule has 2 aliphatic rings. The van der Waals surface area contributed by atoms with Gasteiger partial charge in [-0.1, -0.05) is 0 Å². The summed E-state index contributed by atoms with van der Waals surface area (Å²) in [5, 5.41) is 7.41. The molecule has 1 fully saturated rings. The first-order chi connectivity index (χ1) is 13.5. The Morgan fingerprint density at radius 3 is 2.82 bits per heavy atom. The largest absolute Gasteiger partial charge is 0.352 e. The van der Waals surface area contributed by atoms with Gasteiger partial charge in [0.05, 0.1) is 23.0 Å². The summed E-state index contributed by atoms with van der Waals surface area (Å²) in [4.78, 5) is 33.1. The number of nitrogens with one attached hydrogen (secondary N) is 1. The molecule has 4 heterocycles. The number of aromatic nitrogens is 3. The van der Waals surface area contributed by atoms with Crippen LogP contribution in [0.5, 0.6) is 0 Å². The van der Waals surface area contributed by atoms with Gasteiger partial charge in [0.15, 0.2) is 0 Å². The molecule has 0 unspecified atom stereocenters. The Morgan fingerprint density at radius 1 is 1.29 bits per heavy atom. The van der Waals surface area contributed by atoms with Gasteiger partial charge in [-0.25, -0.2) is 0 Å². The van der Waals surface area contributed by atoms with Crippen LogP contribution in [0.1, 0.15) is 32.8 Å². The number of pyridine rings is 1. The van der Waals surface area contributed by atoms with Crippen LogP contribution in [0.2, 0.25) is 0 Å². The van der Waals surface area contributed by atoms with Gasteiger partial charge in [0.25, 0.3) is 11.8 Å². The number of likely N-dealkylation sites (tertiary alicyclic amines) is 1. The van der Waals surface area contributed by atoms with Crippen LogP contribution in [0.25, 0.3) is 0 Å². The molecule has 0 aromatic carbocycles. The summed E-state index contributed by atoms with van der Waals surface area (Å²) in [5.41, 5.74) is 2.26. The molecule has 0 spiro atoms. The normalized spacial score (nSPS) is 19.2. The Balaban J connectivity index is 1.37. The van der Waals surface area contributed by atoms with Crippen molar-refractivity contribution >= 4 is 11.8 Å². The summed E-state index contributed by atoms with van der Waals surface area (Å²) in [6.45, 7) is 2.89. The van der Waals surface area contributed by atoms with E-state index in [1.54, 1.807) is 30.7 Å². The second-order valence-corrected chi connectivity index (χ2v) is 7.87. The van der Waals surface area contributed by atoms with E-state index in [0.29, 0.717) is 29.6 Å². The van der Waals surface area contributed by atoms with Gasteiger partial charge in [0, 0.05) is 44.6 Å². The van der Waals surface area contributed by atoms with Gasteiger partial charge in [-0.2, -0.15) is 5.10 Å². The number of nitrogens with zero attached hydrogens (tertiary/aromatic N) is 5. The van der Waals surface area contributed by atoms with Gasteiger partial charge < -0.3 is 15.1 Å². The third-order valence-corrected chi connectivity index (χ3v) is 5.77. The lowest BCUT2D eigenvalue weighted by Crippen LogP contribution is -2.59. The van der Waals surface area contributed by atoms with Gasteiger partial charge in [-0.15, -0.1) is 0 Å². The molecule has 1 N–H and O–H groups in total. The highest BCUT2D eigenvalue weighted by Crippen LogP contribution is 2.25. The highest BCUT2D eigenvalue weighted by molar-refractivity contribution is 5.96. The van der Waals surface area contributed by atoms with E-state index in [-0.39, 0.29) is 11.8 Å². The summed E-state index contributed by atoms with van der Waals surface area (Å²) < 4.78 is 1.94. The van der Waals surface area contributed by atoms with Crippen LogP contribution in [0, 0.1) is 5.92 Å². The third-order valence-electron chi connectivity index (χ3n) is 5.77. The second kappa shape index (κ2) is 7.71. The minimum absolute atomic E-state index is 0.0689. The fourth-order valence-corrected chi connectivity index (χ4v) is 3.81. The van der Waals surface area contributed by atoms with E-state index < -0.39 is 0 Å². The fourth-order valence-electron chi connectivity index (χ4n) is 3.81. The van der Waals surface area contributed by atoms with Crippen LogP contribution < -0.4 is 5.32 Å². The van der Waals surface area contributed by atoms with Crippen LogP contribution in [0.4, 0.5) is 0 Å². The molecule has 4 rings (SSSR count). The third kappa shape index (κ3) is 3.64. The maximum absolute atomic E-state index is 12.9. The summed E-state index contributed by atoms with van der Waals surface area (Å²) in [7, 11) is 4.08. The zero-order chi connectivity index (χ0) is 19.7. The zero-order valence-electron chi connectivity index (χ0n) is 16.3. The maximum atomic E-state index is 12.9. The first-order valence-corrected chi connectivity index (χ1v) is 9.71. The molecule has 2 aromatic rings. The van der Waals surface area contributed by atoms with Crippen LogP contribution in [-0.4, -0.2) is 76.2 Å². The lowest BCUT2D eigenvalue weighted by molar-refractivity contribution is 0.0397. The van der Waals surface area contributed by atoms with Crippen molar-refractivity contribution in [3.05, 3.63) is 47.5 Å². The summed E-state index contributed by atoms with van der Waals surface area (Å²) in [6, 6.07) is 3.94. The molecule has 0 saturated carbocycles. The minimum Gasteiger partial charge on any atom is -0.352 e. The first kappa shape index (κ1) is 18.6. The molecule has 2 amide bonds. The lowest BCUT2D eigenvalue weighted by atomic mass is 9.93. The van der Waals surface area contributed by atoms with E-state index in [2.05, 4.69) is 20.3 Å². The van der Waals surface area contributed by atoms with Gasteiger partial charge in [-0.3, -0.25) is 19.3 Å². The Kier molecular flexibility index (Phi) is 5.13. The van der Waals surface area contributed by atoms with E-state index in [9.17, 15) is 9.59 Å². The highest BCUT2D eigenvalue weighted by Gasteiger charge is 2.35. The van der Waals surface area contributed by atoms with Gasteiger partial charge in [0.1, 0.15) is 0 Å². The average Bonchev–Trinajstić information content (AvgIpc) is 3.08. The van der Waals surface area contributed by atoms with Crippen molar-refractivity contribution in [3.63, 3.8) is 0 Å². The molecule has 0 radical (unpaired) electrons. The van der Waals surface area contributed by atoms with E-state index in [0.717, 1.165) is 38.2 Å². The van der Waals surface area contributed by atoms with Crippen LogP contribution in [0.15, 0.2) is 30.7 Å². The molecule has 0 aliphatic carbocycles. The van der Waals surface area contributed by atoms with Crippen molar-refractivity contribution < 1.29 is 9.59 Å². The molecule has 1 saturated heterocycles. The first-order valence-electron chi connectivity index (χ1n) is 9.71. The fraction of sp³-hybridized carbons (Fsp3) is 0.500. The number of carbonyl (C=O) groups excluding carboxylic acids is 2. The summed E-state index contributed by atoms with van der Waals surface area (Å²) >= 11 is 0. The Bertz CT molecular complexity index is 857. The predicted octanol–water partition coefficient (Wildman–Crippen LogP) is 0.657. The van der Waals surface area contributed by atoms with Crippen molar-refractivity contribution in [3.8, 4) is 0 Å². The lowest BCUT2D eigenvalue weighted by Gasteiger charge is -2.42. The number of likely N-dealkylation sites (N-methyl/N-ethyl adjacent to an activating group) is 1. The van der Waals surface area contributed by atoms with Crippen molar-refractivity contribution in [1.82, 2.24) is 29.9 Å². The Hall–Kier alpha value is -2.74. The molecule has 8 nitrogen and oxygen atoms in total. The van der Waals surface area contributed by atoms with Crippen molar-refractivity contribution in [2.45, 2.75) is 25.4 Å². The zero-order valence-corrected chi connectivity index (χ0v) is 16.3. The highest BCUT2D eigenvalue weighted by atomic mass is 16.2. The standard InChI is InChI=1S/C20H26N6O2/c1-24(2)16-12-25(13-16)20(28)17-11-23-26-7-5-14(8-18(17)26)9-22-19(27)15-4-3-6-21-10-15/h3-4,6,10-11,14,16H,5,7-9,12-13H2,1-2H3,(H,22,27)/t14-/m0/s1. The van der Waals surface area contributed by atoms with E-state index in [1.165, 1.54) is 0 Å². The predicted molar refractivity (Wildman–Crippen MR) is 104 cm³/mol. The van der Waals surface area contributed by atoms with Gasteiger partial charge in [-0.05, 0) is 45.0 Å². The smallest absolute Gasteiger partial charge is 0.257 e. The van der Waals surface area contributed by atoms with E-state index >= 15 is 0 Å². The van der Waals surface area contributed by atoms with Gasteiger partial charge in [0.2, 0.25) is 0 Å². The maximum Gasteiger partial charge on any atom is 0.257 e. The van der Waals surface area contributed by atoms with E-state index in [4.69, 9.17) is 0 Å².